The Kier molecular flexibility index (Phi) is 4.33. The number of hydrogen-bond acceptors (Lipinski definition) is 3. The van der Waals surface area contributed by atoms with Crippen LogP contribution in [0.25, 0.3) is 0 Å². The van der Waals surface area contributed by atoms with Gasteiger partial charge in [-0.3, -0.25) is 0 Å². The molecule has 0 aliphatic heterocycles. The lowest BCUT2D eigenvalue weighted by Crippen LogP contribution is -2.56. The van der Waals surface area contributed by atoms with Gasteiger partial charge in [0.2, 0.25) is 0 Å². The van der Waals surface area contributed by atoms with Crippen molar-refractivity contribution in [3.8, 4) is 0 Å². The predicted octanol–water partition coefficient (Wildman–Crippen LogP) is 4.11. The topological polar surface area (TPSA) is 58.6 Å². The lowest BCUT2D eigenvalue weighted by molar-refractivity contribution is -0.123. The van der Waals surface area contributed by atoms with Crippen molar-refractivity contribution < 1.29 is 14.6 Å². The fourth-order valence-electron chi connectivity index (χ4n) is 7.67. The second kappa shape index (κ2) is 6.14. The molecule has 0 radical (unpaired) electrons. The molecule has 0 spiro atoms. The van der Waals surface area contributed by atoms with E-state index in [4.69, 9.17) is 4.74 Å². The molecule has 4 saturated carbocycles. The smallest absolute Gasteiger partial charge is 0.407 e. The summed E-state index contributed by atoms with van der Waals surface area (Å²) in [5.41, 5.74) is 0.657. The number of amides is 1. The van der Waals surface area contributed by atoms with Crippen LogP contribution < -0.4 is 5.32 Å². The molecular weight excluding hydrogens is 314 g/mol. The van der Waals surface area contributed by atoms with Gasteiger partial charge in [0, 0.05) is 6.04 Å². The number of carbonyl (C=O) groups excluding carboxylic acids is 1. The molecule has 4 heteroatoms. The van der Waals surface area contributed by atoms with E-state index in [1.54, 1.807) is 0 Å². The number of methoxy groups -OCH3 is 1. The Morgan fingerprint density at radius 3 is 2.48 bits per heavy atom. The molecule has 4 rings (SSSR count). The second-order valence-electron chi connectivity index (χ2n) is 9.90. The van der Waals surface area contributed by atoms with E-state index in [2.05, 4.69) is 19.2 Å². The molecule has 4 nitrogen and oxygen atoms in total. The van der Waals surface area contributed by atoms with Crippen molar-refractivity contribution in [2.24, 2.45) is 34.5 Å². The van der Waals surface area contributed by atoms with Gasteiger partial charge in [0.05, 0.1) is 13.2 Å². The van der Waals surface area contributed by atoms with Gasteiger partial charge in [-0.2, -0.15) is 0 Å². The average Bonchev–Trinajstić information content (AvgIpc) is 2.92. The Bertz CT molecular complexity index is 537. The van der Waals surface area contributed by atoms with Crippen LogP contribution in [0.4, 0.5) is 4.79 Å². The largest absolute Gasteiger partial charge is 0.453 e. The maximum atomic E-state index is 11.8. The van der Waals surface area contributed by atoms with Crippen LogP contribution in [-0.2, 0) is 4.74 Å². The molecule has 25 heavy (non-hydrogen) atoms. The molecule has 8 atom stereocenters. The van der Waals surface area contributed by atoms with Crippen LogP contribution in [0, 0.1) is 34.5 Å². The number of aliphatic hydroxyl groups excluding tert-OH is 1. The number of alkyl carbamates (subject to hydrolysis) is 1. The van der Waals surface area contributed by atoms with E-state index in [-0.39, 0.29) is 23.7 Å². The first-order chi connectivity index (χ1) is 11.9. The highest BCUT2D eigenvalue weighted by molar-refractivity contribution is 5.67. The maximum Gasteiger partial charge on any atom is 0.407 e. The summed E-state index contributed by atoms with van der Waals surface area (Å²) >= 11 is 0. The molecule has 142 valence electrons. The van der Waals surface area contributed by atoms with Crippen LogP contribution in [0.2, 0.25) is 0 Å². The summed E-state index contributed by atoms with van der Waals surface area (Å²) in [6.07, 6.45) is 10.3. The number of aliphatic hydroxyl groups is 1. The summed E-state index contributed by atoms with van der Waals surface area (Å²) in [6.45, 7) is 4.95. The van der Waals surface area contributed by atoms with Gasteiger partial charge in [-0.05, 0) is 92.3 Å². The van der Waals surface area contributed by atoms with Crippen LogP contribution in [-0.4, -0.2) is 30.5 Å². The maximum absolute atomic E-state index is 11.8. The van der Waals surface area contributed by atoms with Crippen molar-refractivity contribution in [2.45, 2.75) is 83.8 Å². The number of nitrogens with one attached hydrogen (secondary N) is 1. The fourth-order valence-corrected chi connectivity index (χ4v) is 7.67. The minimum atomic E-state index is -0.272. The number of hydrogen-bond donors (Lipinski definition) is 2. The first kappa shape index (κ1) is 17.6. The van der Waals surface area contributed by atoms with Crippen LogP contribution in [0.15, 0.2) is 0 Å². The van der Waals surface area contributed by atoms with Gasteiger partial charge in [0.25, 0.3) is 0 Å². The summed E-state index contributed by atoms with van der Waals surface area (Å²) in [7, 11) is 1.46. The van der Waals surface area contributed by atoms with Crippen molar-refractivity contribution in [1.82, 2.24) is 5.32 Å². The Balaban J connectivity index is 1.55. The van der Waals surface area contributed by atoms with Gasteiger partial charge >= 0.3 is 6.09 Å². The molecule has 0 aromatic carbocycles. The monoisotopic (exact) mass is 349 g/mol. The zero-order chi connectivity index (χ0) is 17.8. The fraction of sp³-hybridized carbons (Fsp3) is 0.952. The quantitative estimate of drug-likeness (QED) is 0.749. The van der Waals surface area contributed by atoms with Crippen LogP contribution in [0.5, 0.6) is 0 Å². The van der Waals surface area contributed by atoms with Crippen LogP contribution in [0.3, 0.4) is 0 Å². The third kappa shape index (κ3) is 2.62. The van der Waals surface area contributed by atoms with E-state index < -0.39 is 0 Å². The Morgan fingerprint density at radius 1 is 1.00 bits per heavy atom. The lowest BCUT2D eigenvalue weighted by atomic mass is 9.45. The van der Waals surface area contributed by atoms with Crippen molar-refractivity contribution >= 4 is 6.09 Å². The number of rotatable bonds is 1. The average molecular weight is 350 g/mol. The Morgan fingerprint density at radius 2 is 1.72 bits per heavy atom. The van der Waals surface area contributed by atoms with E-state index in [0.717, 1.165) is 37.0 Å². The number of carbonyl (C=O) groups is 1. The molecule has 1 amide bonds. The first-order valence-corrected chi connectivity index (χ1v) is 10.4. The number of ether oxygens (including phenoxy) is 1. The third-order valence-electron chi connectivity index (χ3n) is 9.12. The van der Waals surface area contributed by atoms with E-state index >= 15 is 0 Å². The van der Waals surface area contributed by atoms with Crippen molar-refractivity contribution in [2.75, 3.05) is 7.11 Å². The highest BCUT2D eigenvalue weighted by atomic mass is 16.5. The molecule has 0 heterocycles. The molecule has 0 unspecified atom stereocenters. The summed E-state index contributed by atoms with van der Waals surface area (Å²) in [5, 5.41) is 13.3. The third-order valence-corrected chi connectivity index (χ3v) is 9.12. The summed E-state index contributed by atoms with van der Waals surface area (Å²) < 4.78 is 4.87. The SMILES string of the molecule is COC(=O)N[C@H]1CC[C@H]2[C@@H]3CC[C@@H]4C[C@H](O)CC[C@]4(C)[C@H]3CC[C@]12C. The highest BCUT2D eigenvalue weighted by Gasteiger charge is 2.60. The molecule has 0 bridgehead atoms. The van der Waals surface area contributed by atoms with E-state index in [9.17, 15) is 9.90 Å². The molecule has 0 saturated heterocycles. The zero-order valence-electron chi connectivity index (χ0n) is 16.1. The highest BCUT2D eigenvalue weighted by Crippen LogP contribution is 2.66. The normalized spacial score (nSPS) is 51.8. The van der Waals surface area contributed by atoms with Gasteiger partial charge in [0.15, 0.2) is 0 Å². The van der Waals surface area contributed by atoms with Gasteiger partial charge in [-0.1, -0.05) is 13.8 Å². The van der Waals surface area contributed by atoms with E-state index in [1.165, 1.54) is 45.6 Å². The zero-order valence-corrected chi connectivity index (χ0v) is 16.1. The van der Waals surface area contributed by atoms with Crippen molar-refractivity contribution in [1.29, 1.82) is 0 Å². The Labute approximate surface area is 152 Å². The second-order valence-corrected chi connectivity index (χ2v) is 9.90. The summed E-state index contributed by atoms with van der Waals surface area (Å²) in [6, 6.07) is 0.268. The first-order valence-electron chi connectivity index (χ1n) is 10.4. The molecular formula is C21H35NO3. The van der Waals surface area contributed by atoms with Gasteiger partial charge < -0.3 is 15.2 Å². The lowest BCUT2D eigenvalue weighted by Gasteiger charge is -2.60. The van der Waals surface area contributed by atoms with Crippen molar-refractivity contribution in [3.05, 3.63) is 0 Å². The minimum absolute atomic E-state index is 0.0661. The van der Waals surface area contributed by atoms with Crippen LogP contribution in [0.1, 0.15) is 71.6 Å². The molecule has 0 aromatic rings. The Hall–Kier alpha value is -0.770. The van der Waals surface area contributed by atoms with E-state index in [0.29, 0.717) is 11.3 Å². The van der Waals surface area contributed by atoms with Gasteiger partial charge in [-0.25, -0.2) is 4.79 Å². The van der Waals surface area contributed by atoms with Gasteiger partial charge in [-0.15, -0.1) is 0 Å². The molecule has 4 fully saturated rings. The summed E-state index contributed by atoms with van der Waals surface area (Å²) in [5.74, 6) is 3.07. The molecule has 0 aromatic heterocycles. The number of fused-ring (bicyclic) bond motifs is 5. The predicted molar refractivity (Wildman–Crippen MR) is 97.1 cm³/mol. The summed E-state index contributed by atoms with van der Waals surface area (Å²) in [4.78, 5) is 11.8. The molecule has 4 aliphatic rings. The van der Waals surface area contributed by atoms with Crippen molar-refractivity contribution in [3.63, 3.8) is 0 Å². The molecule has 2 N–H and O–H groups in total. The van der Waals surface area contributed by atoms with E-state index in [1.807, 2.05) is 0 Å². The standard InChI is InChI=1S/C21H35NO3/c1-20-10-8-14(23)12-13(20)4-5-15-16-6-7-18(22-19(24)25-3)21(16,2)11-9-17(15)20/h13-18,23H,4-12H2,1-3H3,(H,22,24)/t13-,14-,15+,16+,17+,18+,20+,21+/m1/s1. The molecule has 4 aliphatic carbocycles. The minimum Gasteiger partial charge on any atom is -0.453 e. The van der Waals surface area contributed by atoms with Gasteiger partial charge in [0.1, 0.15) is 0 Å². The van der Waals surface area contributed by atoms with Crippen LogP contribution >= 0.6 is 0 Å².